The van der Waals surface area contributed by atoms with Crippen LogP contribution in [0.3, 0.4) is 0 Å². The van der Waals surface area contributed by atoms with Gasteiger partial charge in [0.15, 0.2) is 0 Å². The molecule has 0 aromatic heterocycles. The molecule has 0 aromatic carbocycles. The summed E-state index contributed by atoms with van der Waals surface area (Å²) in [5, 5.41) is 0. The largest absolute Gasteiger partial charge is 0.394 e. The van der Waals surface area contributed by atoms with Gasteiger partial charge >= 0.3 is 10.0 Å². The molecule has 0 heterocycles. The number of rotatable bonds is 6. The van der Waals surface area contributed by atoms with Crippen LogP contribution in [0.1, 0.15) is 20.8 Å². The van der Waals surface area contributed by atoms with Crippen molar-refractivity contribution in [3.63, 3.8) is 0 Å². The number of hydrogen-bond donors (Lipinski definition) is 0. The van der Waals surface area contributed by atoms with Crippen LogP contribution in [-0.2, 0) is 8.85 Å². The number of hydrogen-bond acceptors (Lipinski definition) is 2. The van der Waals surface area contributed by atoms with E-state index >= 15 is 0 Å². The molecular formula is C11H20O2Si. The first-order valence-corrected chi connectivity index (χ1v) is 5.73. The van der Waals surface area contributed by atoms with E-state index in [-0.39, 0.29) is 5.60 Å². The maximum absolute atomic E-state index is 5.62. The molecule has 2 nitrogen and oxygen atoms in total. The predicted molar refractivity (Wildman–Crippen MR) is 63.8 cm³/mol. The Morgan fingerprint density at radius 3 is 1.64 bits per heavy atom. The summed E-state index contributed by atoms with van der Waals surface area (Å²) in [6, 6.07) is 0. The quantitative estimate of drug-likeness (QED) is 0.496. The van der Waals surface area contributed by atoms with E-state index < -0.39 is 15.6 Å². The first-order valence-electron chi connectivity index (χ1n) is 4.58. The Balaban J connectivity index is 4.15. The lowest BCUT2D eigenvalue weighted by Gasteiger charge is -2.26. The van der Waals surface area contributed by atoms with Gasteiger partial charge in [-0.3, -0.25) is 0 Å². The molecular weight excluding hydrogens is 192 g/mol. The fourth-order valence-corrected chi connectivity index (χ4v) is 1.71. The van der Waals surface area contributed by atoms with E-state index in [1.807, 2.05) is 20.8 Å². The lowest BCUT2D eigenvalue weighted by atomic mass is 10.1. The van der Waals surface area contributed by atoms with Crippen molar-refractivity contribution in [3.8, 4) is 0 Å². The average molecular weight is 212 g/mol. The second-order valence-corrected chi connectivity index (χ2v) is 4.80. The molecule has 0 saturated carbocycles. The summed E-state index contributed by atoms with van der Waals surface area (Å²) >= 11 is 0. The van der Waals surface area contributed by atoms with E-state index in [4.69, 9.17) is 8.85 Å². The van der Waals surface area contributed by atoms with Crippen molar-refractivity contribution in [2.75, 3.05) is 0 Å². The Morgan fingerprint density at radius 2 is 1.36 bits per heavy atom. The summed E-state index contributed by atoms with van der Waals surface area (Å²) in [6.45, 7) is 17.1. The predicted octanol–water partition coefficient (Wildman–Crippen LogP) is 2.11. The Labute approximate surface area is 89.4 Å². The Morgan fingerprint density at radius 1 is 0.929 bits per heavy atom. The highest BCUT2D eigenvalue weighted by molar-refractivity contribution is 6.18. The normalized spacial score (nSPS) is 13.1. The smallest absolute Gasteiger partial charge is 0.306 e. The lowest BCUT2D eigenvalue weighted by molar-refractivity contribution is 0.0810. The van der Waals surface area contributed by atoms with Crippen LogP contribution in [0, 0.1) is 0 Å². The minimum Gasteiger partial charge on any atom is -0.394 e. The first kappa shape index (κ1) is 13.4. The molecule has 0 N–H and O–H groups in total. The average Bonchev–Trinajstić information content (AvgIpc) is 2.11. The molecule has 0 aliphatic heterocycles. The highest BCUT2D eigenvalue weighted by Gasteiger charge is 2.20. The third-order valence-corrected chi connectivity index (χ3v) is 3.36. The standard InChI is InChI=1S/C11H20O2Si/c1-7-11(8-2,9-3)13-14-12-10(4,5)6/h7-9H,1-3,14H2,4-6H3. The summed E-state index contributed by atoms with van der Waals surface area (Å²) < 4.78 is 11.2. The van der Waals surface area contributed by atoms with Crippen molar-refractivity contribution in [2.24, 2.45) is 0 Å². The molecule has 0 unspecified atom stereocenters. The topological polar surface area (TPSA) is 18.5 Å². The molecule has 0 radical (unpaired) electrons. The van der Waals surface area contributed by atoms with Gasteiger partial charge in [-0.25, -0.2) is 0 Å². The Kier molecular flexibility index (Phi) is 5.05. The van der Waals surface area contributed by atoms with Crippen molar-refractivity contribution in [1.29, 1.82) is 0 Å². The van der Waals surface area contributed by atoms with E-state index in [9.17, 15) is 0 Å². The highest BCUT2D eigenvalue weighted by atomic mass is 28.3. The molecule has 0 fully saturated rings. The fraction of sp³-hybridized carbons (Fsp3) is 0.455. The van der Waals surface area contributed by atoms with E-state index in [0.717, 1.165) is 0 Å². The third kappa shape index (κ3) is 4.55. The van der Waals surface area contributed by atoms with Crippen LogP contribution in [0.2, 0.25) is 0 Å². The van der Waals surface area contributed by atoms with Crippen LogP contribution in [0.25, 0.3) is 0 Å². The maximum atomic E-state index is 5.62. The minimum atomic E-state index is -1.04. The van der Waals surface area contributed by atoms with Gasteiger partial charge in [0.2, 0.25) is 0 Å². The van der Waals surface area contributed by atoms with E-state index in [2.05, 4.69) is 19.7 Å². The molecule has 0 rings (SSSR count). The van der Waals surface area contributed by atoms with Crippen LogP contribution in [0.15, 0.2) is 38.0 Å². The fourth-order valence-electron chi connectivity index (χ4n) is 0.735. The third-order valence-electron chi connectivity index (χ3n) is 1.76. The van der Waals surface area contributed by atoms with Gasteiger partial charge < -0.3 is 8.85 Å². The van der Waals surface area contributed by atoms with Crippen LogP contribution in [0.4, 0.5) is 0 Å². The molecule has 0 aromatic rings. The molecule has 0 bridgehead atoms. The lowest BCUT2D eigenvalue weighted by Crippen LogP contribution is -2.31. The molecule has 0 amide bonds. The molecule has 3 heteroatoms. The van der Waals surface area contributed by atoms with Crippen LogP contribution >= 0.6 is 0 Å². The van der Waals surface area contributed by atoms with Gasteiger partial charge in [-0.05, 0) is 20.8 Å². The van der Waals surface area contributed by atoms with E-state index in [1.165, 1.54) is 0 Å². The zero-order chi connectivity index (χ0) is 11.2. The van der Waals surface area contributed by atoms with E-state index in [0.29, 0.717) is 0 Å². The zero-order valence-electron chi connectivity index (χ0n) is 9.38. The van der Waals surface area contributed by atoms with Gasteiger partial charge in [-0.2, -0.15) is 0 Å². The molecule has 0 spiro atoms. The van der Waals surface area contributed by atoms with Crippen LogP contribution in [0.5, 0.6) is 0 Å². The van der Waals surface area contributed by atoms with Crippen molar-refractivity contribution in [1.82, 2.24) is 0 Å². The Bertz CT molecular complexity index is 194. The monoisotopic (exact) mass is 212 g/mol. The van der Waals surface area contributed by atoms with Gasteiger partial charge in [-0.15, -0.1) is 0 Å². The van der Waals surface area contributed by atoms with Gasteiger partial charge in [-0.1, -0.05) is 38.0 Å². The van der Waals surface area contributed by atoms with Crippen LogP contribution in [-0.4, -0.2) is 21.2 Å². The molecule has 80 valence electrons. The van der Waals surface area contributed by atoms with Crippen molar-refractivity contribution >= 4 is 10.0 Å². The summed E-state index contributed by atoms with van der Waals surface area (Å²) in [5.74, 6) is 0. The van der Waals surface area contributed by atoms with Gasteiger partial charge in [0.1, 0.15) is 5.60 Å². The summed E-state index contributed by atoms with van der Waals surface area (Å²) in [6.07, 6.45) is 5.02. The summed E-state index contributed by atoms with van der Waals surface area (Å²) in [7, 11) is -1.04. The van der Waals surface area contributed by atoms with E-state index in [1.54, 1.807) is 18.2 Å². The van der Waals surface area contributed by atoms with Gasteiger partial charge in [0.05, 0.1) is 0 Å². The van der Waals surface area contributed by atoms with Crippen molar-refractivity contribution in [2.45, 2.75) is 32.0 Å². The van der Waals surface area contributed by atoms with Crippen LogP contribution < -0.4 is 0 Å². The van der Waals surface area contributed by atoms with Gasteiger partial charge in [0, 0.05) is 5.60 Å². The molecule has 14 heavy (non-hydrogen) atoms. The van der Waals surface area contributed by atoms with Crippen molar-refractivity contribution < 1.29 is 8.85 Å². The minimum absolute atomic E-state index is 0.151. The molecule has 0 aliphatic rings. The SMILES string of the molecule is C=CC(C=C)(C=C)O[SiH2]OC(C)(C)C. The zero-order valence-corrected chi connectivity index (χ0v) is 10.8. The first-order chi connectivity index (χ1) is 6.39. The maximum Gasteiger partial charge on any atom is 0.306 e. The molecule has 0 atom stereocenters. The Hall–Kier alpha value is -0.643. The molecule has 0 aliphatic carbocycles. The highest BCUT2D eigenvalue weighted by Crippen LogP contribution is 2.16. The summed E-state index contributed by atoms with van der Waals surface area (Å²) in [5.41, 5.74) is -0.779. The van der Waals surface area contributed by atoms with Gasteiger partial charge in [0.25, 0.3) is 0 Å². The summed E-state index contributed by atoms with van der Waals surface area (Å²) in [4.78, 5) is 0. The van der Waals surface area contributed by atoms with Crippen molar-refractivity contribution in [3.05, 3.63) is 38.0 Å². The second-order valence-electron chi connectivity index (χ2n) is 3.98. The molecule has 0 saturated heterocycles. The second kappa shape index (κ2) is 5.29.